The summed E-state index contributed by atoms with van der Waals surface area (Å²) in [5.41, 5.74) is 2.69. The summed E-state index contributed by atoms with van der Waals surface area (Å²) in [6, 6.07) is 3.73. The highest BCUT2D eigenvalue weighted by Gasteiger charge is 2.19. The number of carbonyl (C=O) groups is 1. The fourth-order valence-electron chi connectivity index (χ4n) is 2.11. The van der Waals surface area contributed by atoms with Crippen LogP contribution in [0.2, 0.25) is 0 Å². The molecule has 0 aromatic carbocycles. The van der Waals surface area contributed by atoms with Crippen molar-refractivity contribution < 1.29 is 14.3 Å². The molecule has 0 amide bonds. The smallest absolute Gasteiger partial charge is 0.372 e. The number of aromatic nitrogens is 2. The zero-order valence-corrected chi connectivity index (χ0v) is 12.8. The normalized spacial score (nSPS) is 12.0. The highest BCUT2D eigenvalue weighted by molar-refractivity contribution is 5.86. The summed E-state index contributed by atoms with van der Waals surface area (Å²) in [4.78, 5) is 13.0. The van der Waals surface area contributed by atoms with Gasteiger partial charge in [0.1, 0.15) is 0 Å². The summed E-state index contributed by atoms with van der Waals surface area (Å²) >= 11 is 0. The van der Waals surface area contributed by atoms with Crippen molar-refractivity contribution in [3.8, 4) is 0 Å². The molecule has 0 aliphatic heterocycles. The second-order valence-corrected chi connectivity index (χ2v) is 6.28. The van der Waals surface area contributed by atoms with E-state index in [1.54, 1.807) is 6.07 Å². The van der Waals surface area contributed by atoms with Crippen molar-refractivity contribution in [2.75, 3.05) is 7.05 Å². The van der Waals surface area contributed by atoms with Gasteiger partial charge in [0.2, 0.25) is 5.76 Å². The van der Waals surface area contributed by atoms with Crippen molar-refractivity contribution in [1.29, 1.82) is 0 Å². The third-order valence-electron chi connectivity index (χ3n) is 3.22. The van der Waals surface area contributed by atoms with Crippen LogP contribution in [0.15, 0.2) is 22.8 Å². The Morgan fingerprint density at radius 2 is 2.14 bits per heavy atom. The molecule has 2 aromatic heterocycles. The second kappa shape index (κ2) is 5.73. The lowest BCUT2D eigenvalue weighted by Gasteiger charge is -2.15. The molecule has 0 saturated carbocycles. The zero-order valence-electron chi connectivity index (χ0n) is 12.8. The minimum Gasteiger partial charge on any atom is -0.475 e. The van der Waals surface area contributed by atoms with Crippen LogP contribution in [0.1, 0.15) is 48.3 Å². The molecule has 2 heterocycles. The van der Waals surface area contributed by atoms with E-state index < -0.39 is 5.97 Å². The molecular formula is C15H21N3O3. The van der Waals surface area contributed by atoms with E-state index in [4.69, 9.17) is 9.52 Å². The Hall–Kier alpha value is -2.08. The van der Waals surface area contributed by atoms with Crippen LogP contribution in [0.3, 0.4) is 0 Å². The fraction of sp³-hybridized carbons (Fsp3) is 0.467. The molecule has 6 heteroatoms. The highest BCUT2D eigenvalue weighted by atomic mass is 16.4. The number of furan rings is 1. The topological polar surface area (TPSA) is 82.4 Å². The van der Waals surface area contributed by atoms with Crippen LogP contribution in [0, 0.1) is 0 Å². The zero-order chi connectivity index (χ0) is 15.6. The highest BCUT2D eigenvalue weighted by Crippen LogP contribution is 2.21. The molecule has 21 heavy (non-hydrogen) atoms. The maximum Gasteiger partial charge on any atom is 0.372 e. The molecule has 0 spiro atoms. The largest absolute Gasteiger partial charge is 0.475 e. The van der Waals surface area contributed by atoms with E-state index in [9.17, 15) is 4.79 Å². The van der Waals surface area contributed by atoms with Crippen LogP contribution >= 0.6 is 0 Å². The number of carboxylic acids is 1. The van der Waals surface area contributed by atoms with Gasteiger partial charge in [-0.2, -0.15) is 5.10 Å². The third-order valence-corrected chi connectivity index (χ3v) is 3.22. The molecular weight excluding hydrogens is 270 g/mol. The van der Waals surface area contributed by atoms with Gasteiger partial charge >= 0.3 is 5.97 Å². The van der Waals surface area contributed by atoms with E-state index in [0.29, 0.717) is 18.7 Å². The van der Waals surface area contributed by atoms with Gasteiger partial charge in [-0.15, -0.1) is 0 Å². The van der Waals surface area contributed by atoms with E-state index in [2.05, 4.69) is 31.0 Å². The number of hydrogen-bond donors (Lipinski definition) is 2. The van der Waals surface area contributed by atoms with Crippen molar-refractivity contribution in [1.82, 2.24) is 15.1 Å². The molecule has 0 bridgehead atoms. The SMILES string of the molecule is CN(Cc1cc(C(C)(C)C)n[nH]1)Cc1ccoc1C(=O)O. The van der Waals surface area contributed by atoms with E-state index >= 15 is 0 Å². The fourth-order valence-corrected chi connectivity index (χ4v) is 2.11. The van der Waals surface area contributed by atoms with Gasteiger partial charge < -0.3 is 9.52 Å². The molecule has 2 N–H and O–H groups in total. The minimum atomic E-state index is -1.04. The van der Waals surface area contributed by atoms with Crippen molar-refractivity contribution in [3.63, 3.8) is 0 Å². The molecule has 0 aliphatic carbocycles. The number of rotatable bonds is 5. The lowest BCUT2D eigenvalue weighted by Crippen LogP contribution is -2.18. The Bertz CT molecular complexity index is 622. The van der Waals surface area contributed by atoms with Gasteiger partial charge in [0.15, 0.2) is 0 Å². The Labute approximate surface area is 123 Å². The summed E-state index contributed by atoms with van der Waals surface area (Å²) in [6.07, 6.45) is 1.40. The molecule has 0 fully saturated rings. The molecule has 0 radical (unpaired) electrons. The predicted molar refractivity (Wildman–Crippen MR) is 78.1 cm³/mol. The van der Waals surface area contributed by atoms with Crippen molar-refractivity contribution in [2.24, 2.45) is 0 Å². The number of carboxylic acid groups (broad SMARTS) is 1. The number of aromatic amines is 1. The summed E-state index contributed by atoms with van der Waals surface area (Å²) in [7, 11) is 1.93. The van der Waals surface area contributed by atoms with Gasteiger partial charge in [-0.25, -0.2) is 4.79 Å². The lowest BCUT2D eigenvalue weighted by atomic mass is 9.92. The van der Waals surface area contributed by atoms with Crippen molar-refractivity contribution in [3.05, 3.63) is 41.1 Å². The monoisotopic (exact) mass is 291 g/mol. The number of nitrogens with one attached hydrogen (secondary N) is 1. The molecule has 0 saturated heterocycles. The molecule has 6 nitrogen and oxygen atoms in total. The van der Waals surface area contributed by atoms with E-state index in [-0.39, 0.29) is 11.2 Å². The number of H-pyrrole nitrogens is 1. The Morgan fingerprint density at radius 1 is 1.43 bits per heavy atom. The molecule has 2 rings (SSSR count). The number of nitrogens with zero attached hydrogens (tertiary/aromatic N) is 2. The number of hydrogen-bond acceptors (Lipinski definition) is 4. The van der Waals surface area contributed by atoms with Gasteiger partial charge in [-0.1, -0.05) is 20.8 Å². The van der Waals surface area contributed by atoms with Crippen LogP contribution in [0.25, 0.3) is 0 Å². The first-order valence-corrected chi connectivity index (χ1v) is 6.80. The number of aromatic carboxylic acids is 1. The first-order valence-electron chi connectivity index (χ1n) is 6.80. The van der Waals surface area contributed by atoms with E-state index in [1.165, 1.54) is 6.26 Å². The molecule has 114 valence electrons. The quantitative estimate of drug-likeness (QED) is 0.885. The summed E-state index contributed by atoms with van der Waals surface area (Å²) in [5.74, 6) is -1.04. The standard InChI is InChI=1S/C15H21N3O3/c1-15(2,3)12-7-11(16-17-12)9-18(4)8-10-5-6-21-13(10)14(19)20/h5-7H,8-9H2,1-4H3,(H,16,17)(H,19,20). The first-order chi connectivity index (χ1) is 9.77. The van der Waals surface area contributed by atoms with Gasteiger partial charge in [0.05, 0.1) is 12.0 Å². The van der Waals surface area contributed by atoms with Crippen molar-refractivity contribution in [2.45, 2.75) is 39.3 Å². The summed E-state index contributed by atoms with van der Waals surface area (Å²) < 4.78 is 4.98. The maximum atomic E-state index is 11.0. The lowest BCUT2D eigenvalue weighted by molar-refractivity contribution is 0.0659. The van der Waals surface area contributed by atoms with Crippen LogP contribution in [-0.2, 0) is 18.5 Å². The van der Waals surface area contributed by atoms with Gasteiger partial charge in [-0.3, -0.25) is 10.00 Å². The van der Waals surface area contributed by atoms with Gasteiger partial charge in [-0.05, 0) is 19.2 Å². The second-order valence-electron chi connectivity index (χ2n) is 6.28. The Morgan fingerprint density at radius 3 is 2.71 bits per heavy atom. The summed E-state index contributed by atoms with van der Waals surface area (Å²) in [6.45, 7) is 7.50. The first kappa shape index (κ1) is 15.3. The maximum absolute atomic E-state index is 11.0. The summed E-state index contributed by atoms with van der Waals surface area (Å²) in [5, 5.41) is 16.4. The Balaban J connectivity index is 2.02. The molecule has 0 atom stereocenters. The van der Waals surface area contributed by atoms with Crippen molar-refractivity contribution >= 4 is 5.97 Å². The third kappa shape index (κ3) is 3.72. The van der Waals surface area contributed by atoms with E-state index in [1.807, 2.05) is 18.0 Å². The van der Waals surface area contributed by atoms with E-state index in [0.717, 1.165) is 11.4 Å². The average Bonchev–Trinajstić information content (AvgIpc) is 2.96. The van der Waals surface area contributed by atoms with Crippen LogP contribution in [-0.4, -0.2) is 33.2 Å². The average molecular weight is 291 g/mol. The minimum absolute atomic E-state index is 0.00170. The van der Waals surface area contributed by atoms with Gasteiger partial charge in [0.25, 0.3) is 0 Å². The van der Waals surface area contributed by atoms with Crippen LogP contribution in [0.5, 0.6) is 0 Å². The molecule has 0 aliphatic rings. The predicted octanol–water partition coefficient (Wildman–Crippen LogP) is 2.63. The molecule has 2 aromatic rings. The molecule has 0 unspecified atom stereocenters. The van der Waals surface area contributed by atoms with Crippen LogP contribution < -0.4 is 0 Å². The van der Waals surface area contributed by atoms with Crippen LogP contribution in [0.4, 0.5) is 0 Å². The van der Waals surface area contributed by atoms with Gasteiger partial charge in [0, 0.05) is 29.8 Å². The Kier molecular flexibility index (Phi) is 4.18.